The summed E-state index contributed by atoms with van der Waals surface area (Å²) in [5.74, 6) is 0.851. The lowest BCUT2D eigenvalue weighted by Gasteiger charge is -2.37. The Kier molecular flexibility index (Phi) is 6.46. The van der Waals surface area contributed by atoms with Gasteiger partial charge in [-0.25, -0.2) is 0 Å². The molecule has 0 aromatic rings. The molecule has 1 aliphatic rings. The van der Waals surface area contributed by atoms with E-state index in [1.807, 2.05) is 25.7 Å². The highest BCUT2D eigenvalue weighted by atomic mass is 16.2. The van der Waals surface area contributed by atoms with Crippen LogP contribution >= 0.6 is 0 Å². The Morgan fingerprint density at radius 1 is 1.25 bits per heavy atom. The lowest BCUT2D eigenvalue weighted by Crippen LogP contribution is -2.52. The van der Waals surface area contributed by atoms with Crippen molar-refractivity contribution in [3.8, 4) is 0 Å². The molecular weight excluding hydrogens is 250 g/mol. The fourth-order valence-corrected chi connectivity index (χ4v) is 2.75. The maximum Gasteiger partial charge on any atom is 0.240 e. The van der Waals surface area contributed by atoms with Crippen molar-refractivity contribution < 1.29 is 4.79 Å². The van der Waals surface area contributed by atoms with Gasteiger partial charge in [-0.3, -0.25) is 4.79 Å². The number of hydrogen-bond donors (Lipinski definition) is 1. The molecule has 1 heterocycles. The number of rotatable bonds is 5. The first-order valence-corrected chi connectivity index (χ1v) is 8.06. The van der Waals surface area contributed by atoms with Crippen LogP contribution in [0.4, 0.5) is 0 Å². The van der Waals surface area contributed by atoms with Gasteiger partial charge in [-0.2, -0.15) is 0 Å². The Bertz CT molecular complexity index is 299. The van der Waals surface area contributed by atoms with Crippen LogP contribution in [-0.4, -0.2) is 54.5 Å². The molecule has 0 aromatic carbocycles. The maximum absolute atomic E-state index is 12.4. The number of nitrogens with zero attached hydrogens (tertiary/aromatic N) is 2. The topological polar surface area (TPSA) is 49.6 Å². The van der Waals surface area contributed by atoms with Gasteiger partial charge in [-0.1, -0.05) is 34.6 Å². The highest BCUT2D eigenvalue weighted by Gasteiger charge is 2.33. The molecule has 1 rings (SSSR count). The highest BCUT2D eigenvalue weighted by molar-refractivity contribution is 5.82. The minimum absolute atomic E-state index is 0.124. The van der Waals surface area contributed by atoms with E-state index >= 15 is 0 Å². The smallest absolute Gasteiger partial charge is 0.240 e. The summed E-state index contributed by atoms with van der Waals surface area (Å²) < 4.78 is 0. The first kappa shape index (κ1) is 17.4. The molecule has 0 saturated carbocycles. The lowest BCUT2D eigenvalue weighted by atomic mass is 9.86. The van der Waals surface area contributed by atoms with E-state index in [2.05, 4.69) is 18.7 Å². The van der Waals surface area contributed by atoms with E-state index in [9.17, 15) is 4.79 Å². The van der Waals surface area contributed by atoms with Crippen LogP contribution in [0.3, 0.4) is 0 Å². The van der Waals surface area contributed by atoms with Gasteiger partial charge in [0.2, 0.25) is 5.91 Å². The van der Waals surface area contributed by atoms with Gasteiger partial charge in [0.25, 0.3) is 0 Å². The van der Waals surface area contributed by atoms with Crippen LogP contribution in [0.5, 0.6) is 0 Å². The van der Waals surface area contributed by atoms with E-state index in [0.717, 1.165) is 44.9 Å². The van der Waals surface area contributed by atoms with E-state index in [-0.39, 0.29) is 17.4 Å². The van der Waals surface area contributed by atoms with Crippen molar-refractivity contribution in [2.45, 2.75) is 53.5 Å². The van der Waals surface area contributed by atoms with Gasteiger partial charge in [0.05, 0.1) is 6.04 Å². The minimum atomic E-state index is -0.387. The van der Waals surface area contributed by atoms with Gasteiger partial charge in [0, 0.05) is 19.6 Å². The number of likely N-dealkylation sites (tertiary alicyclic amines) is 1. The Labute approximate surface area is 124 Å². The molecule has 1 fully saturated rings. The monoisotopic (exact) mass is 283 g/mol. The zero-order valence-electron chi connectivity index (χ0n) is 14.0. The standard InChI is InChI=1S/C16H33N3O/c1-6-18(7-2)12-13-8-10-19(11-9-13)15(20)14(17)16(3,4)5/h13-14H,6-12,17H2,1-5H3. The number of piperidine rings is 1. The molecule has 1 unspecified atom stereocenters. The normalized spacial score (nSPS) is 19.4. The van der Waals surface area contributed by atoms with Crippen LogP contribution in [0.2, 0.25) is 0 Å². The molecule has 118 valence electrons. The predicted octanol–water partition coefficient (Wildman–Crippen LogP) is 1.94. The fourth-order valence-electron chi connectivity index (χ4n) is 2.75. The molecule has 1 amide bonds. The minimum Gasteiger partial charge on any atom is -0.341 e. The maximum atomic E-state index is 12.4. The van der Waals surface area contributed by atoms with Crippen molar-refractivity contribution in [2.75, 3.05) is 32.7 Å². The second-order valence-corrected chi connectivity index (χ2v) is 7.10. The van der Waals surface area contributed by atoms with Gasteiger partial charge >= 0.3 is 0 Å². The van der Waals surface area contributed by atoms with E-state index in [4.69, 9.17) is 5.73 Å². The van der Waals surface area contributed by atoms with Crippen molar-refractivity contribution in [2.24, 2.45) is 17.1 Å². The zero-order chi connectivity index (χ0) is 15.3. The third kappa shape index (κ3) is 4.74. The van der Waals surface area contributed by atoms with Gasteiger partial charge in [0.15, 0.2) is 0 Å². The average molecular weight is 283 g/mol. The first-order valence-electron chi connectivity index (χ1n) is 8.06. The zero-order valence-corrected chi connectivity index (χ0v) is 14.0. The summed E-state index contributed by atoms with van der Waals surface area (Å²) in [5.41, 5.74) is 5.93. The molecule has 0 spiro atoms. The molecule has 0 radical (unpaired) electrons. The molecule has 0 bridgehead atoms. The third-order valence-corrected chi connectivity index (χ3v) is 4.54. The second-order valence-electron chi connectivity index (χ2n) is 7.10. The van der Waals surface area contributed by atoms with E-state index in [0.29, 0.717) is 0 Å². The Morgan fingerprint density at radius 3 is 2.15 bits per heavy atom. The molecule has 1 atom stereocenters. The Balaban J connectivity index is 2.44. The second kappa shape index (κ2) is 7.41. The number of nitrogens with two attached hydrogens (primary N) is 1. The van der Waals surface area contributed by atoms with E-state index in [1.54, 1.807) is 0 Å². The SMILES string of the molecule is CCN(CC)CC1CCN(C(=O)C(N)C(C)(C)C)CC1. The summed E-state index contributed by atoms with van der Waals surface area (Å²) in [6.45, 7) is 15.7. The van der Waals surface area contributed by atoms with Crippen LogP contribution in [0.25, 0.3) is 0 Å². The number of hydrogen-bond acceptors (Lipinski definition) is 3. The van der Waals surface area contributed by atoms with E-state index < -0.39 is 0 Å². The van der Waals surface area contributed by atoms with Crippen LogP contribution in [0, 0.1) is 11.3 Å². The van der Waals surface area contributed by atoms with Gasteiger partial charge in [-0.15, -0.1) is 0 Å². The third-order valence-electron chi connectivity index (χ3n) is 4.54. The van der Waals surface area contributed by atoms with Crippen molar-refractivity contribution in [3.63, 3.8) is 0 Å². The number of carbonyl (C=O) groups is 1. The highest BCUT2D eigenvalue weighted by Crippen LogP contribution is 2.23. The van der Waals surface area contributed by atoms with Gasteiger partial charge < -0.3 is 15.5 Å². The summed E-state index contributed by atoms with van der Waals surface area (Å²) >= 11 is 0. The van der Waals surface area contributed by atoms with Crippen molar-refractivity contribution >= 4 is 5.91 Å². The predicted molar refractivity (Wildman–Crippen MR) is 84.5 cm³/mol. The molecule has 4 heteroatoms. The Morgan fingerprint density at radius 2 is 1.75 bits per heavy atom. The number of amides is 1. The molecule has 1 aliphatic heterocycles. The lowest BCUT2D eigenvalue weighted by molar-refractivity contribution is -0.136. The molecule has 1 saturated heterocycles. The molecular formula is C16H33N3O. The van der Waals surface area contributed by atoms with E-state index in [1.165, 1.54) is 6.54 Å². The van der Waals surface area contributed by atoms with Crippen LogP contribution in [-0.2, 0) is 4.79 Å². The quantitative estimate of drug-likeness (QED) is 0.839. The molecule has 20 heavy (non-hydrogen) atoms. The molecule has 0 aliphatic carbocycles. The number of carbonyl (C=O) groups excluding carboxylic acids is 1. The summed E-state index contributed by atoms with van der Waals surface area (Å²) in [7, 11) is 0. The first-order chi connectivity index (χ1) is 9.29. The summed E-state index contributed by atoms with van der Waals surface area (Å²) in [4.78, 5) is 16.8. The Hall–Kier alpha value is -0.610. The van der Waals surface area contributed by atoms with Crippen molar-refractivity contribution in [3.05, 3.63) is 0 Å². The van der Waals surface area contributed by atoms with Crippen LogP contribution < -0.4 is 5.73 Å². The molecule has 0 aromatic heterocycles. The largest absolute Gasteiger partial charge is 0.341 e. The van der Waals surface area contributed by atoms with Crippen molar-refractivity contribution in [1.29, 1.82) is 0 Å². The molecule has 2 N–H and O–H groups in total. The van der Waals surface area contributed by atoms with Crippen LogP contribution in [0.1, 0.15) is 47.5 Å². The van der Waals surface area contributed by atoms with Gasteiger partial charge in [0.1, 0.15) is 0 Å². The van der Waals surface area contributed by atoms with Crippen molar-refractivity contribution in [1.82, 2.24) is 9.80 Å². The average Bonchev–Trinajstić information content (AvgIpc) is 2.42. The fraction of sp³-hybridized carbons (Fsp3) is 0.938. The summed E-state index contributed by atoms with van der Waals surface area (Å²) in [6, 6.07) is -0.387. The van der Waals surface area contributed by atoms with Crippen LogP contribution in [0.15, 0.2) is 0 Å². The molecule has 4 nitrogen and oxygen atoms in total. The van der Waals surface area contributed by atoms with Gasteiger partial charge in [-0.05, 0) is 37.3 Å². The summed E-state index contributed by atoms with van der Waals surface area (Å²) in [5, 5.41) is 0. The summed E-state index contributed by atoms with van der Waals surface area (Å²) in [6.07, 6.45) is 2.22.